The van der Waals surface area contributed by atoms with Gasteiger partial charge in [-0.2, -0.15) is 0 Å². The normalized spacial score (nSPS) is 22.5. The van der Waals surface area contributed by atoms with Gasteiger partial charge in [-0.1, -0.05) is 62.8 Å². The summed E-state index contributed by atoms with van der Waals surface area (Å²) in [6, 6.07) is 13.9. The average Bonchev–Trinajstić information content (AvgIpc) is 3.17. The fourth-order valence-corrected chi connectivity index (χ4v) is 7.95. The van der Waals surface area contributed by atoms with Gasteiger partial charge in [0.15, 0.2) is 0 Å². The summed E-state index contributed by atoms with van der Waals surface area (Å²) in [6.45, 7) is 2.95. The van der Waals surface area contributed by atoms with E-state index in [0.717, 1.165) is 31.6 Å². The molecule has 2 N–H and O–H groups in total. The molecule has 2 fully saturated rings. The number of para-hydroxylation sites is 1. The lowest BCUT2D eigenvalue weighted by atomic mass is 9.81. The Labute approximate surface area is 219 Å². The number of hydrogen-bond acceptors (Lipinski definition) is 3. The second-order valence-electron chi connectivity index (χ2n) is 11.9. The third-order valence-electron chi connectivity index (χ3n) is 9.70. The van der Waals surface area contributed by atoms with E-state index in [4.69, 9.17) is 0 Å². The van der Waals surface area contributed by atoms with Crippen molar-refractivity contribution in [3.63, 3.8) is 0 Å². The molecule has 5 heteroatoms. The molecule has 0 amide bonds. The van der Waals surface area contributed by atoms with E-state index in [9.17, 15) is 9.90 Å². The first-order chi connectivity index (χ1) is 18.2. The van der Waals surface area contributed by atoms with Crippen molar-refractivity contribution >= 4 is 22.6 Å². The maximum atomic E-state index is 11.9. The largest absolute Gasteiger partial charge is 0.478 e. The maximum Gasteiger partial charge on any atom is 0.335 e. The van der Waals surface area contributed by atoms with Gasteiger partial charge in [0.2, 0.25) is 0 Å². The molecule has 2 aliphatic heterocycles. The summed E-state index contributed by atoms with van der Waals surface area (Å²) in [7, 11) is 0. The van der Waals surface area contributed by atoms with Crippen LogP contribution in [0.15, 0.2) is 36.4 Å². The Balaban J connectivity index is 1.41. The first-order valence-electron chi connectivity index (χ1n) is 14.7. The van der Waals surface area contributed by atoms with Crippen LogP contribution < -0.4 is 10.2 Å². The summed E-state index contributed by atoms with van der Waals surface area (Å²) >= 11 is 0. The number of carboxylic acids is 1. The summed E-state index contributed by atoms with van der Waals surface area (Å²) in [5, 5.41) is 15.1. The molecule has 1 atom stereocenters. The molecule has 2 aliphatic carbocycles. The number of carboxylic acid groups (broad SMARTS) is 1. The number of fused-ring (bicyclic) bond motifs is 4. The number of benzene rings is 2. The molecular formula is C32H39N3O2. The first kappa shape index (κ1) is 23.3. The summed E-state index contributed by atoms with van der Waals surface area (Å²) in [6.07, 6.45) is 14.2. The van der Waals surface area contributed by atoms with E-state index in [-0.39, 0.29) is 0 Å². The topological polar surface area (TPSA) is 57.5 Å². The molecule has 0 bridgehead atoms. The second-order valence-corrected chi connectivity index (χ2v) is 11.9. The second kappa shape index (κ2) is 9.50. The Morgan fingerprint density at radius 1 is 0.865 bits per heavy atom. The summed E-state index contributed by atoms with van der Waals surface area (Å²) in [5.41, 5.74) is 8.59. The number of nitrogens with zero attached hydrogens (tertiary/aromatic N) is 2. The van der Waals surface area contributed by atoms with Gasteiger partial charge in [-0.25, -0.2) is 4.79 Å². The van der Waals surface area contributed by atoms with Crippen molar-refractivity contribution in [2.45, 2.75) is 95.2 Å². The van der Waals surface area contributed by atoms with E-state index in [1.807, 2.05) is 12.1 Å². The lowest BCUT2D eigenvalue weighted by molar-refractivity contribution is 0.0697. The van der Waals surface area contributed by atoms with Crippen LogP contribution in [0, 0.1) is 0 Å². The minimum absolute atomic E-state index is 0.388. The van der Waals surface area contributed by atoms with Gasteiger partial charge in [0, 0.05) is 48.2 Å². The van der Waals surface area contributed by atoms with Gasteiger partial charge in [-0.15, -0.1) is 0 Å². The summed E-state index contributed by atoms with van der Waals surface area (Å²) in [4.78, 5) is 14.5. The minimum atomic E-state index is -0.843. The molecule has 194 valence electrons. The van der Waals surface area contributed by atoms with E-state index in [2.05, 4.69) is 39.0 Å². The molecular weight excluding hydrogens is 458 g/mol. The van der Waals surface area contributed by atoms with E-state index in [1.54, 1.807) is 0 Å². The van der Waals surface area contributed by atoms with Gasteiger partial charge < -0.3 is 19.9 Å². The number of hydrogen-bond donors (Lipinski definition) is 2. The van der Waals surface area contributed by atoms with Crippen LogP contribution in [0.25, 0.3) is 22.2 Å². The Bertz CT molecular complexity index is 1330. The molecule has 2 saturated carbocycles. The van der Waals surface area contributed by atoms with Crippen LogP contribution in [-0.4, -0.2) is 34.8 Å². The number of carbonyl (C=O) groups is 1. The van der Waals surface area contributed by atoms with E-state index < -0.39 is 5.97 Å². The highest BCUT2D eigenvalue weighted by atomic mass is 16.4. The monoisotopic (exact) mass is 497 g/mol. The quantitative estimate of drug-likeness (QED) is 0.399. The zero-order chi connectivity index (χ0) is 24.9. The van der Waals surface area contributed by atoms with Crippen molar-refractivity contribution < 1.29 is 9.90 Å². The smallest absolute Gasteiger partial charge is 0.335 e. The standard InChI is InChI=1S/C32H39N3O2/c36-32(37)22-14-15-25-28(20-22)35-19-18-34-17-16-27(33-23-10-5-2-6-11-23)24-12-7-13-26(30(24)34)31(35)29(25)21-8-3-1-4-9-21/h7,12-15,20-21,23,27,33H,1-6,8-11,16-19H2,(H,36,37). The van der Waals surface area contributed by atoms with Gasteiger partial charge in [0.1, 0.15) is 0 Å². The Morgan fingerprint density at radius 2 is 1.65 bits per heavy atom. The first-order valence-corrected chi connectivity index (χ1v) is 14.7. The average molecular weight is 498 g/mol. The van der Waals surface area contributed by atoms with Crippen molar-refractivity contribution in [3.8, 4) is 11.3 Å². The minimum Gasteiger partial charge on any atom is -0.478 e. The number of aromatic nitrogens is 1. The molecule has 0 spiro atoms. The predicted octanol–water partition coefficient (Wildman–Crippen LogP) is 7.24. The molecule has 37 heavy (non-hydrogen) atoms. The van der Waals surface area contributed by atoms with Crippen LogP contribution >= 0.6 is 0 Å². The van der Waals surface area contributed by atoms with E-state index >= 15 is 0 Å². The van der Waals surface area contributed by atoms with Gasteiger partial charge >= 0.3 is 5.97 Å². The highest BCUT2D eigenvalue weighted by Gasteiger charge is 2.35. The number of anilines is 1. The molecule has 5 nitrogen and oxygen atoms in total. The van der Waals surface area contributed by atoms with Crippen molar-refractivity contribution in [1.29, 1.82) is 0 Å². The van der Waals surface area contributed by atoms with Crippen molar-refractivity contribution in [2.75, 3.05) is 18.0 Å². The SMILES string of the molecule is O=C(O)c1ccc2c(C3CCCCC3)c3n(c2c1)CCN1CCC(NC2CCCCC2)c2cccc-3c21. The van der Waals surface area contributed by atoms with Crippen molar-refractivity contribution in [3.05, 3.63) is 53.1 Å². The number of nitrogens with one attached hydrogen (secondary N) is 1. The molecule has 3 heterocycles. The fraction of sp³-hybridized carbons (Fsp3) is 0.531. The van der Waals surface area contributed by atoms with Crippen molar-refractivity contribution in [2.24, 2.45) is 0 Å². The Hall–Kier alpha value is -2.79. The predicted molar refractivity (Wildman–Crippen MR) is 150 cm³/mol. The fourth-order valence-electron chi connectivity index (χ4n) is 7.95. The lowest BCUT2D eigenvalue weighted by Crippen LogP contribution is -2.41. The third kappa shape index (κ3) is 3.98. The van der Waals surface area contributed by atoms with Crippen LogP contribution in [0.1, 0.15) is 104 Å². The summed E-state index contributed by atoms with van der Waals surface area (Å²) in [5.74, 6) is -0.297. The zero-order valence-corrected chi connectivity index (χ0v) is 21.8. The zero-order valence-electron chi connectivity index (χ0n) is 21.8. The van der Waals surface area contributed by atoms with Crippen molar-refractivity contribution in [1.82, 2.24) is 9.88 Å². The van der Waals surface area contributed by atoms with Crippen LogP contribution in [0.3, 0.4) is 0 Å². The van der Waals surface area contributed by atoms with Gasteiger partial charge in [0.25, 0.3) is 0 Å². The number of rotatable bonds is 4. The van der Waals surface area contributed by atoms with Crippen LogP contribution in [-0.2, 0) is 6.54 Å². The molecule has 7 rings (SSSR count). The van der Waals surface area contributed by atoms with Gasteiger partial charge in [-0.05, 0) is 61.3 Å². The molecule has 3 aromatic rings. The van der Waals surface area contributed by atoms with Crippen LogP contribution in [0.4, 0.5) is 5.69 Å². The Morgan fingerprint density at radius 3 is 2.43 bits per heavy atom. The third-order valence-corrected chi connectivity index (χ3v) is 9.70. The van der Waals surface area contributed by atoms with E-state index in [1.165, 1.54) is 97.7 Å². The molecule has 2 aromatic carbocycles. The van der Waals surface area contributed by atoms with Crippen LogP contribution in [0.2, 0.25) is 0 Å². The molecule has 1 aromatic heterocycles. The molecule has 1 unspecified atom stereocenters. The highest BCUT2D eigenvalue weighted by Crippen LogP contribution is 2.50. The Kier molecular flexibility index (Phi) is 5.99. The molecule has 4 aliphatic rings. The highest BCUT2D eigenvalue weighted by molar-refractivity contribution is 6.00. The molecule has 0 saturated heterocycles. The lowest BCUT2D eigenvalue weighted by Gasteiger charge is -2.38. The number of aromatic carboxylic acids is 1. The summed E-state index contributed by atoms with van der Waals surface area (Å²) < 4.78 is 2.48. The maximum absolute atomic E-state index is 11.9. The van der Waals surface area contributed by atoms with Gasteiger partial charge in [-0.3, -0.25) is 0 Å². The van der Waals surface area contributed by atoms with Gasteiger partial charge in [0.05, 0.1) is 16.9 Å². The van der Waals surface area contributed by atoms with E-state index in [0.29, 0.717) is 23.6 Å². The van der Waals surface area contributed by atoms with Crippen LogP contribution in [0.5, 0.6) is 0 Å². The molecule has 0 radical (unpaired) electrons.